The van der Waals surface area contributed by atoms with Crippen LogP contribution in [0, 0.1) is 0 Å². The van der Waals surface area contributed by atoms with Crippen molar-refractivity contribution in [1.29, 1.82) is 0 Å². The second-order valence-electron chi connectivity index (χ2n) is 1.98. The van der Waals surface area contributed by atoms with Crippen molar-refractivity contribution in [2.75, 3.05) is 6.61 Å². The number of hydrogen-bond donors (Lipinski definition) is 0. The summed E-state index contributed by atoms with van der Waals surface area (Å²) >= 11 is 0. The van der Waals surface area contributed by atoms with Gasteiger partial charge in [0.1, 0.15) is 6.61 Å². The Kier molecular flexibility index (Phi) is 3.20. The number of hydrogen-bond acceptors (Lipinski definition) is 0. The normalized spacial score (nSPS) is 11.6. The average Bonchev–Trinajstić information content (AvgIpc) is 1.65. The third-order valence-corrected chi connectivity index (χ3v) is 0.720. The lowest BCUT2D eigenvalue weighted by molar-refractivity contribution is 0.223. The first-order valence-electron chi connectivity index (χ1n) is 2.57. The first-order chi connectivity index (χ1) is 3.66. The third-order valence-electron chi connectivity index (χ3n) is 0.720. The summed E-state index contributed by atoms with van der Waals surface area (Å²) in [6, 6.07) is 0. The Labute approximate surface area is 50.3 Å². The van der Waals surface area contributed by atoms with Crippen LogP contribution in [0.3, 0.4) is 0 Å². The zero-order chi connectivity index (χ0) is 6.57. The van der Waals surface area contributed by atoms with Gasteiger partial charge in [-0.1, -0.05) is 18.2 Å². The predicted octanol–water partition coefficient (Wildman–Crippen LogP) is 1.94. The fourth-order valence-corrected chi connectivity index (χ4v) is 0.462. The van der Waals surface area contributed by atoms with Crippen LogP contribution in [0.4, 0.5) is 0 Å². The molecule has 0 fully saturated rings. The molecule has 1 nitrogen and oxygen atoms in total. The molecule has 0 aromatic heterocycles. The molecule has 0 amide bonds. The molecule has 0 saturated heterocycles. The van der Waals surface area contributed by atoms with Gasteiger partial charge in [0.2, 0.25) is 0 Å². The zero-order valence-electron chi connectivity index (χ0n) is 5.40. The number of allylic oxidation sites excluding steroid dienone is 2. The Morgan fingerprint density at radius 3 is 2.25 bits per heavy atom. The first-order valence-corrected chi connectivity index (χ1v) is 2.57. The molecule has 0 aliphatic carbocycles. The highest BCUT2D eigenvalue weighted by Crippen LogP contribution is 1.96. The highest BCUT2D eigenvalue weighted by Gasteiger charge is 1.83. The summed E-state index contributed by atoms with van der Waals surface area (Å²) in [6.45, 7) is 7.19. The van der Waals surface area contributed by atoms with Crippen LogP contribution in [-0.4, -0.2) is 6.61 Å². The van der Waals surface area contributed by atoms with E-state index in [9.17, 15) is 5.11 Å². The molecular formula is C7H11O. The maximum absolute atomic E-state index is 10.1. The molecule has 0 aromatic carbocycles. The van der Waals surface area contributed by atoms with Gasteiger partial charge in [0.25, 0.3) is 0 Å². The maximum atomic E-state index is 10.1. The monoisotopic (exact) mass is 111 g/mol. The van der Waals surface area contributed by atoms with Crippen LogP contribution < -0.4 is 0 Å². The van der Waals surface area contributed by atoms with E-state index in [1.165, 1.54) is 0 Å². The molecule has 0 rings (SSSR count). The average molecular weight is 111 g/mol. The van der Waals surface area contributed by atoms with Crippen molar-refractivity contribution in [2.45, 2.75) is 13.8 Å². The molecule has 0 aromatic rings. The van der Waals surface area contributed by atoms with E-state index in [-0.39, 0.29) is 6.61 Å². The fraction of sp³-hybridized carbons (Fsp3) is 0.429. The van der Waals surface area contributed by atoms with Crippen molar-refractivity contribution < 1.29 is 5.11 Å². The van der Waals surface area contributed by atoms with E-state index < -0.39 is 0 Å². The molecule has 1 heteroatoms. The highest BCUT2D eigenvalue weighted by molar-refractivity contribution is 5.16. The minimum atomic E-state index is -0.118. The molecule has 8 heavy (non-hydrogen) atoms. The number of rotatable bonds is 2. The first kappa shape index (κ1) is 7.44. The van der Waals surface area contributed by atoms with Gasteiger partial charge in [-0.05, 0) is 19.4 Å². The van der Waals surface area contributed by atoms with E-state index in [0.29, 0.717) is 0 Å². The molecule has 0 spiro atoms. The molecule has 0 atom stereocenters. The Bertz CT molecular complexity index is 112. The smallest absolute Gasteiger partial charge is 0.103 e. The van der Waals surface area contributed by atoms with Gasteiger partial charge in [0.05, 0.1) is 0 Å². The Hall–Kier alpha value is -0.560. The van der Waals surface area contributed by atoms with Gasteiger partial charge in [-0.2, -0.15) is 0 Å². The molecule has 1 radical (unpaired) electrons. The standard InChI is InChI=1S/C7H11O/c1-6(2)4-7(3)5-8/h4H,1,5H2,2-3H3/b7-4+. The summed E-state index contributed by atoms with van der Waals surface area (Å²) in [5.74, 6) is 0. The summed E-state index contributed by atoms with van der Waals surface area (Å²) in [5, 5.41) is 10.1. The van der Waals surface area contributed by atoms with Gasteiger partial charge in [-0.3, -0.25) is 0 Å². The van der Waals surface area contributed by atoms with Crippen molar-refractivity contribution in [3.63, 3.8) is 0 Å². The van der Waals surface area contributed by atoms with Gasteiger partial charge in [-0.25, -0.2) is 5.11 Å². The van der Waals surface area contributed by atoms with E-state index in [1.54, 1.807) is 6.08 Å². The van der Waals surface area contributed by atoms with E-state index in [2.05, 4.69) is 6.58 Å². The van der Waals surface area contributed by atoms with Gasteiger partial charge >= 0.3 is 0 Å². The van der Waals surface area contributed by atoms with E-state index in [4.69, 9.17) is 0 Å². The van der Waals surface area contributed by atoms with Crippen molar-refractivity contribution in [3.8, 4) is 0 Å². The second-order valence-corrected chi connectivity index (χ2v) is 1.98. The molecular weight excluding hydrogens is 100 g/mol. The molecule has 0 saturated carbocycles. The van der Waals surface area contributed by atoms with E-state index in [1.807, 2.05) is 13.8 Å². The molecule has 0 heterocycles. The minimum Gasteiger partial charge on any atom is -0.232 e. The fourth-order valence-electron chi connectivity index (χ4n) is 0.462. The third kappa shape index (κ3) is 3.62. The van der Waals surface area contributed by atoms with Gasteiger partial charge < -0.3 is 0 Å². The molecule has 0 N–H and O–H groups in total. The quantitative estimate of drug-likeness (QED) is 0.485. The van der Waals surface area contributed by atoms with Crippen LogP contribution in [0.15, 0.2) is 23.8 Å². The second kappa shape index (κ2) is 3.44. The van der Waals surface area contributed by atoms with E-state index >= 15 is 0 Å². The van der Waals surface area contributed by atoms with Crippen LogP contribution in [0.5, 0.6) is 0 Å². The van der Waals surface area contributed by atoms with Gasteiger partial charge in [0, 0.05) is 0 Å². The summed E-state index contributed by atoms with van der Waals surface area (Å²) in [4.78, 5) is 0. The van der Waals surface area contributed by atoms with Gasteiger partial charge in [-0.15, -0.1) is 0 Å². The summed E-state index contributed by atoms with van der Waals surface area (Å²) in [7, 11) is 0. The minimum absolute atomic E-state index is 0.118. The largest absolute Gasteiger partial charge is 0.232 e. The van der Waals surface area contributed by atoms with Crippen molar-refractivity contribution >= 4 is 0 Å². The zero-order valence-corrected chi connectivity index (χ0v) is 5.40. The topological polar surface area (TPSA) is 19.9 Å². The van der Waals surface area contributed by atoms with Crippen LogP contribution in [0.1, 0.15) is 13.8 Å². The molecule has 0 bridgehead atoms. The molecule has 0 aliphatic rings. The Morgan fingerprint density at radius 1 is 1.62 bits per heavy atom. The predicted molar refractivity (Wildman–Crippen MR) is 34.1 cm³/mol. The van der Waals surface area contributed by atoms with Crippen LogP contribution >= 0.6 is 0 Å². The van der Waals surface area contributed by atoms with Crippen molar-refractivity contribution in [3.05, 3.63) is 23.8 Å². The maximum Gasteiger partial charge on any atom is 0.103 e. The summed E-state index contributed by atoms with van der Waals surface area (Å²) < 4.78 is 0. The van der Waals surface area contributed by atoms with Crippen molar-refractivity contribution in [2.24, 2.45) is 0 Å². The lowest BCUT2D eigenvalue weighted by Crippen LogP contribution is -1.80. The van der Waals surface area contributed by atoms with Crippen LogP contribution in [-0.2, 0) is 5.11 Å². The lowest BCUT2D eigenvalue weighted by atomic mass is 10.2. The Morgan fingerprint density at radius 2 is 2.12 bits per heavy atom. The van der Waals surface area contributed by atoms with Crippen LogP contribution in [0.25, 0.3) is 0 Å². The SMILES string of the molecule is C=C(C)/C=C(\C)C[O]. The summed E-state index contributed by atoms with van der Waals surface area (Å²) in [5.41, 5.74) is 1.79. The molecule has 45 valence electrons. The summed E-state index contributed by atoms with van der Waals surface area (Å²) in [6.07, 6.45) is 1.80. The Balaban J connectivity index is 3.75. The molecule has 0 aliphatic heterocycles. The van der Waals surface area contributed by atoms with Crippen LogP contribution in [0.2, 0.25) is 0 Å². The van der Waals surface area contributed by atoms with Crippen molar-refractivity contribution in [1.82, 2.24) is 0 Å². The highest BCUT2D eigenvalue weighted by atomic mass is 16.3. The lowest BCUT2D eigenvalue weighted by Gasteiger charge is -1.89. The van der Waals surface area contributed by atoms with E-state index in [0.717, 1.165) is 11.1 Å². The van der Waals surface area contributed by atoms with Gasteiger partial charge in [0.15, 0.2) is 0 Å². The molecule has 0 unspecified atom stereocenters.